The van der Waals surface area contributed by atoms with E-state index in [1.807, 2.05) is 0 Å². The van der Waals surface area contributed by atoms with E-state index in [4.69, 9.17) is 10.2 Å². The minimum absolute atomic E-state index is 0.0816. The summed E-state index contributed by atoms with van der Waals surface area (Å²) < 4.78 is 24.9. The molecule has 0 heterocycles. The largest absolute Gasteiger partial charge is 0.481 e. The van der Waals surface area contributed by atoms with Crippen LogP contribution in [-0.2, 0) is 14.2 Å². The number of benzene rings is 1. The zero-order chi connectivity index (χ0) is 16.7. The van der Waals surface area contributed by atoms with Crippen molar-refractivity contribution in [3.05, 3.63) is 30.1 Å². The van der Waals surface area contributed by atoms with Gasteiger partial charge >= 0.3 is 11.9 Å². The Labute approximate surface area is 126 Å². The summed E-state index contributed by atoms with van der Waals surface area (Å²) in [6.45, 7) is -0.244. The monoisotopic (exact) mass is 333 g/mol. The summed E-state index contributed by atoms with van der Waals surface area (Å²) in [7, 11) is -3.25. The van der Waals surface area contributed by atoms with Crippen molar-refractivity contribution < 1.29 is 33.7 Å². The number of carboxylic acids is 2. The second-order valence-electron chi connectivity index (χ2n) is 4.68. The summed E-state index contributed by atoms with van der Waals surface area (Å²) in [5, 5.41) is 20.3. The third-order valence-corrected chi connectivity index (χ3v) is 4.42. The number of hydrogen-bond donors (Lipinski definition) is 4. The zero-order valence-electron chi connectivity index (χ0n) is 11.5. The smallest absolute Gasteiger partial charge is 0.307 e. The highest BCUT2D eigenvalue weighted by molar-refractivity contribution is 7.39. The normalized spacial score (nSPS) is 14.8. The van der Waals surface area contributed by atoms with Gasteiger partial charge in [0.1, 0.15) is 5.82 Å². The van der Waals surface area contributed by atoms with Crippen LogP contribution in [0.25, 0.3) is 0 Å². The molecule has 4 N–H and O–H groups in total. The van der Waals surface area contributed by atoms with Crippen molar-refractivity contribution in [2.75, 3.05) is 11.9 Å². The summed E-state index contributed by atoms with van der Waals surface area (Å²) in [4.78, 5) is 31.1. The second kappa shape index (κ2) is 8.51. The fourth-order valence-corrected chi connectivity index (χ4v) is 2.93. The number of aliphatic carboxylic acids is 2. The van der Waals surface area contributed by atoms with E-state index in [1.165, 1.54) is 18.2 Å². The maximum atomic E-state index is 13.5. The Morgan fingerprint density at radius 2 is 1.91 bits per heavy atom. The van der Waals surface area contributed by atoms with E-state index in [2.05, 4.69) is 5.32 Å². The van der Waals surface area contributed by atoms with Crippen LogP contribution < -0.4 is 5.32 Å². The molecular formula is C13H17FNO6P. The van der Waals surface area contributed by atoms with Gasteiger partial charge in [-0.1, -0.05) is 12.1 Å². The fourth-order valence-electron chi connectivity index (χ4n) is 2.00. The molecule has 0 aromatic heterocycles. The van der Waals surface area contributed by atoms with E-state index >= 15 is 0 Å². The molecule has 1 aromatic rings. The first-order valence-electron chi connectivity index (χ1n) is 6.48. The molecule has 0 spiro atoms. The van der Waals surface area contributed by atoms with Gasteiger partial charge < -0.3 is 20.4 Å². The second-order valence-corrected chi connectivity index (χ2v) is 6.10. The Hall–Kier alpha value is -1.92. The van der Waals surface area contributed by atoms with Crippen molar-refractivity contribution in [1.82, 2.24) is 0 Å². The van der Waals surface area contributed by atoms with Gasteiger partial charge in [0.15, 0.2) is 8.03 Å². The van der Waals surface area contributed by atoms with Gasteiger partial charge in [0.05, 0.1) is 17.3 Å². The fraction of sp³-hybridized carbons (Fsp3) is 0.385. The van der Waals surface area contributed by atoms with E-state index in [-0.39, 0.29) is 18.7 Å². The van der Waals surface area contributed by atoms with Gasteiger partial charge in [-0.15, -0.1) is 0 Å². The Kier molecular flexibility index (Phi) is 7.01. The van der Waals surface area contributed by atoms with E-state index in [9.17, 15) is 23.4 Å². The van der Waals surface area contributed by atoms with Crippen LogP contribution in [0, 0.1) is 11.7 Å². The first-order valence-corrected chi connectivity index (χ1v) is 7.92. The van der Waals surface area contributed by atoms with Crippen molar-refractivity contribution in [1.29, 1.82) is 0 Å². The lowest BCUT2D eigenvalue weighted by Crippen LogP contribution is -2.32. The number of anilines is 1. The average molecular weight is 333 g/mol. The predicted octanol–water partition coefficient (Wildman–Crippen LogP) is 1.64. The number of carbonyl (C=O) groups is 2. The van der Waals surface area contributed by atoms with Crippen molar-refractivity contribution in [3.8, 4) is 0 Å². The standard InChI is InChI=1S/C13H17FNO6P/c14-9-3-1-2-4-10(9)15-7-11(22(20)21)8(13(18)19)5-6-12(16)17/h1-4,8,11,15,22H,5-7H2,(H,16,17)(H,18,19)(H,20,21). The van der Waals surface area contributed by atoms with Gasteiger partial charge in [0, 0.05) is 13.0 Å². The van der Waals surface area contributed by atoms with Crippen LogP contribution in [0.4, 0.5) is 10.1 Å². The SMILES string of the molecule is O=C(O)CCC(C(=O)O)C(CNc1ccccc1F)[PH](=O)O. The quantitative estimate of drug-likeness (QED) is 0.506. The Morgan fingerprint density at radius 1 is 1.27 bits per heavy atom. The molecule has 1 aromatic carbocycles. The third-order valence-electron chi connectivity index (χ3n) is 3.18. The zero-order valence-corrected chi connectivity index (χ0v) is 12.5. The molecule has 0 aliphatic carbocycles. The predicted molar refractivity (Wildman–Crippen MR) is 77.9 cm³/mol. The number of hydrogen-bond acceptors (Lipinski definition) is 4. The highest BCUT2D eigenvalue weighted by atomic mass is 31.1. The Morgan fingerprint density at radius 3 is 2.41 bits per heavy atom. The molecule has 0 bridgehead atoms. The molecule has 1 rings (SSSR count). The van der Waals surface area contributed by atoms with Gasteiger partial charge in [-0.2, -0.15) is 0 Å². The summed E-state index contributed by atoms with van der Waals surface area (Å²) in [5.74, 6) is -4.42. The van der Waals surface area contributed by atoms with Crippen LogP contribution in [0.15, 0.2) is 24.3 Å². The molecule has 0 radical (unpaired) electrons. The highest BCUT2D eigenvalue weighted by Crippen LogP contribution is 2.32. The van der Waals surface area contributed by atoms with Gasteiger partial charge in [-0.3, -0.25) is 14.2 Å². The molecule has 0 fully saturated rings. The molecule has 0 aliphatic rings. The first-order chi connectivity index (χ1) is 10.3. The van der Waals surface area contributed by atoms with E-state index < -0.39 is 43.8 Å². The van der Waals surface area contributed by atoms with Gasteiger partial charge in [-0.05, 0) is 18.6 Å². The number of carboxylic acid groups (broad SMARTS) is 2. The van der Waals surface area contributed by atoms with Crippen LogP contribution in [0.3, 0.4) is 0 Å². The maximum Gasteiger partial charge on any atom is 0.307 e. The van der Waals surface area contributed by atoms with Crippen LogP contribution >= 0.6 is 8.03 Å². The molecule has 0 saturated heterocycles. The molecule has 9 heteroatoms. The first kappa shape index (κ1) is 18.1. The number of rotatable bonds is 9. The Balaban J connectivity index is 2.82. The Bertz CT molecular complexity index is 567. The molecule has 122 valence electrons. The molecule has 0 amide bonds. The average Bonchev–Trinajstić information content (AvgIpc) is 2.42. The molecule has 7 nitrogen and oxygen atoms in total. The van der Waals surface area contributed by atoms with Gasteiger partial charge in [0.25, 0.3) is 0 Å². The summed E-state index contributed by atoms with van der Waals surface area (Å²) in [5.41, 5.74) is -1.11. The molecule has 3 atom stereocenters. The third kappa shape index (κ3) is 5.46. The van der Waals surface area contributed by atoms with Crippen LogP contribution in [-0.4, -0.2) is 39.2 Å². The summed E-state index contributed by atoms with van der Waals surface area (Å²) in [6, 6.07) is 5.63. The lowest BCUT2D eigenvalue weighted by atomic mass is 9.99. The highest BCUT2D eigenvalue weighted by Gasteiger charge is 2.32. The number of halogens is 1. The summed E-state index contributed by atoms with van der Waals surface area (Å²) >= 11 is 0. The van der Waals surface area contributed by atoms with E-state index in [0.29, 0.717) is 0 Å². The molecule has 22 heavy (non-hydrogen) atoms. The molecule has 0 aliphatic heterocycles. The van der Waals surface area contributed by atoms with Crippen LogP contribution in [0.2, 0.25) is 0 Å². The van der Waals surface area contributed by atoms with E-state index in [0.717, 1.165) is 0 Å². The molecule has 3 unspecified atom stereocenters. The molecular weight excluding hydrogens is 316 g/mol. The topological polar surface area (TPSA) is 124 Å². The van der Waals surface area contributed by atoms with Crippen molar-refractivity contribution in [3.63, 3.8) is 0 Å². The number of nitrogens with one attached hydrogen (secondary N) is 1. The minimum atomic E-state index is -3.25. The summed E-state index contributed by atoms with van der Waals surface area (Å²) in [6.07, 6.45) is -0.701. The van der Waals surface area contributed by atoms with Crippen molar-refractivity contribution >= 4 is 25.7 Å². The van der Waals surface area contributed by atoms with Crippen molar-refractivity contribution in [2.45, 2.75) is 18.5 Å². The van der Waals surface area contributed by atoms with E-state index in [1.54, 1.807) is 6.07 Å². The van der Waals surface area contributed by atoms with Gasteiger partial charge in [-0.25, -0.2) is 4.39 Å². The van der Waals surface area contributed by atoms with Crippen molar-refractivity contribution in [2.24, 2.45) is 5.92 Å². The maximum absolute atomic E-state index is 13.5. The minimum Gasteiger partial charge on any atom is -0.481 e. The lowest BCUT2D eigenvalue weighted by Gasteiger charge is -2.22. The van der Waals surface area contributed by atoms with Crippen LogP contribution in [0.1, 0.15) is 12.8 Å². The molecule has 0 saturated carbocycles. The van der Waals surface area contributed by atoms with Gasteiger partial charge in [0.2, 0.25) is 0 Å². The lowest BCUT2D eigenvalue weighted by molar-refractivity contribution is -0.142. The van der Waals surface area contributed by atoms with Crippen LogP contribution in [0.5, 0.6) is 0 Å². The number of para-hydroxylation sites is 1.